The summed E-state index contributed by atoms with van der Waals surface area (Å²) in [6, 6.07) is 8.09. The third-order valence-electron chi connectivity index (χ3n) is 2.93. The molecule has 1 rings (SSSR count). The predicted molar refractivity (Wildman–Crippen MR) is 92.7 cm³/mol. The van der Waals surface area contributed by atoms with Crippen molar-refractivity contribution >= 4 is 6.09 Å². The summed E-state index contributed by atoms with van der Waals surface area (Å²) >= 11 is 0. The molecule has 1 amide bonds. The van der Waals surface area contributed by atoms with Gasteiger partial charge in [-0.3, -0.25) is 0 Å². The minimum Gasteiger partial charge on any atom is -0.491 e. The highest BCUT2D eigenvalue weighted by molar-refractivity contribution is 5.67. The zero-order valence-corrected chi connectivity index (χ0v) is 15.1. The molecular weight excluding hydrogens is 292 g/mol. The van der Waals surface area contributed by atoms with Gasteiger partial charge in [0.1, 0.15) is 11.4 Å². The predicted octanol–water partition coefficient (Wildman–Crippen LogP) is 3.48. The molecule has 0 saturated heterocycles. The van der Waals surface area contributed by atoms with E-state index < -0.39 is 11.7 Å². The van der Waals surface area contributed by atoms with Crippen molar-refractivity contribution in [2.24, 2.45) is 0 Å². The van der Waals surface area contributed by atoms with E-state index in [4.69, 9.17) is 9.47 Å². The number of benzene rings is 1. The first-order valence-electron chi connectivity index (χ1n) is 8.12. The van der Waals surface area contributed by atoms with Gasteiger partial charge < -0.3 is 20.1 Å². The van der Waals surface area contributed by atoms with Crippen molar-refractivity contribution in [1.82, 2.24) is 10.6 Å². The molecule has 5 heteroatoms. The number of para-hydroxylation sites is 1. The maximum atomic E-state index is 11.6. The van der Waals surface area contributed by atoms with Crippen LogP contribution >= 0.6 is 0 Å². The molecule has 0 aliphatic carbocycles. The molecule has 0 bridgehead atoms. The van der Waals surface area contributed by atoms with Gasteiger partial charge in [-0.05, 0) is 47.6 Å². The van der Waals surface area contributed by atoms with Gasteiger partial charge in [-0.15, -0.1) is 0 Å². The summed E-state index contributed by atoms with van der Waals surface area (Å²) in [7, 11) is 0. The molecule has 1 unspecified atom stereocenters. The number of amides is 1. The van der Waals surface area contributed by atoms with Crippen LogP contribution in [0.5, 0.6) is 5.75 Å². The molecule has 0 heterocycles. The normalized spacial score (nSPS) is 12.8. The van der Waals surface area contributed by atoms with E-state index in [0.717, 1.165) is 11.3 Å². The SMILES string of the molecule is CC(CNC(=O)OC(C)(C)C)NCc1ccccc1OC(C)C. The van der Waals surface area contributed by atoms with Crippen LogP contribution in [0.25, 0.3) is 0 Å². The Morgan fingerprint density at radius 3 is 2.43 bits per heavy atom. The van der Waals surface area contributed by atoms with Crippen LogP contribution < -0.4 is 15.4 Å². The number of alkyl carbamates (subject to hydrolysis) is 1. The van der Waals surface area contributed by atoms with Gasteiger partial charge in [-0.25, -0.2) is 4.79 Å². The Kier molecular flexibility index (Phi) is 7.36. The van der Waals surface area contributed by atoms with Gasteiger partial charge in [0, 0.05) is 24.7 Å². The zero-order valence-electron chi connectivity index (χ0n) is 15.1. The standard InChI is InChI=1S/C18H30N2O3/c1-13(2)22-16-10-8-7-9-15(16)12-19-14(3)11-20-17(21)23-18(4,5)6/h7-10,13-14,19H,11-12H2,1-6H3,(H,20,21). The fourth-order valence-electron chi connectivity index (χ4n) is 1.93. The number of rotatable bonds is 7. The third-order valence-corrected chi connectivity index (χ3v) is 2.93. The van der Waals surface area contributed by atoms with Gasteiger partial charge in [0.25, 0.3) is 0 Å². The Morgan fingerprint density at radius 1 is 1.17 bits per heavy atom. The van der Waals surface area contributed by atoms with Crippen molar-refractivity contribution < 1.29 is 14.3 Å². The lowest BCUT2D eigenvalue weighted by molar-refractivity contribution is 0.0523. The molecule has 0 aliphatic rings. The Bertz CT molecular complexity index is 495. The molecule has 130 valence electrons. The number of hydrogen-bond donors (Lipinski definition) is 2. The fraction of sp³-hybridized carbons (Fsp3) is 0.611. The second-order valence-corrected chi connectivity index (χ2v) is 6.94. The molecule has 0 aromatic heterocycles. The quantitative estimate of drug-likeness (QED) is 0.807. The number of ether oxygens (including phenoxy) is 2. The van der Waals surface area contributed by atoms with Crippen LogP contribution in [0.15, 0.2) is 24.3 Å². The topological polar surface area (TPSA) is 59.6 Å². The van der Waals surface area contributed by atoms with Gasteiger partial charge >= 0.3 is 6.09 Å². The van der Waals surface area contributed by atoms with Gasteiger partial charge in [-0.2, -0.15) is 0 Å². The lowest BCUT2D eigenvalue weighted by atomic mass is 10.2. The molecule has 1 aromatic carbocycles. The molecular formula is C18H30N2O3. The van der Waals surface area contributed by atoms with Crippen LogP contribution in [0.3, 0.4) is 0 Å². The van der Waals surface area contributed by atoms with Crippen molar-refractivity contribution in [3.63, 3.8) is 0 Å². The highest BCUT2D eigenvalue weighted by Crippen LogP contribution is 2.19. The lowest BCUT2D eigenvalue weighted by Crippen LogP contribution is -2.41. The minimum absolute atomic E-state index is 0.120. The van der Waals surface area contributed by atoms with Crippen molar-refractivity contribution in [1.29, 1.82) is 0 Å². The Hall–Kier alpha value is -1.75. The van der Waals surface area contributed by atoms with E-state index in [1.807, 2.05) is 65.8 Å². The van der Waals surface area contributed by atoms with E-state index in [1.54, 1.807) is 0 Å². The first-order chi connectivity index (χ1) is 10.7. The first-order valence-corrected chi connectivity index (χ1v) is 8.12. The van der Waals surface area contributed by atoms with Gasteiger partial charge in [0.05, 0.1) is 6.10 Å². The summed E-state index contributed by atoms with van der Waals surface area (Å²) in [6.45, 7) is 12.8. The summed E-state index contributed by atoms with van der Waals surface area (Å²) in [5, 5.41) is 6.15. The maximum Gasteiger partial charge on any atom is 0.407 e. The Morgan fingerprint density at radius 2 is 1.83 bits per heavy atom. The van der Waals surface area contributed by atoms with Crippen LogP contribution in [0.4, 0.5) is 4.79 Å². The van der Waals surface area contributed by atoms with E-state index in [-0.39, 0.29) is 12.1 Å². The summed E-state index contributed by atoms with van der Waals surface area (Å²) in [4.78, 5) is 11.6. The number of nitrogens with one attached hydrogen (secondary N) is 2. The number of carbonyl (C=O) groups is 1. The molecule has 2 N–H and O–H groups in total. The summed E-state index contributed by atoms with van der Waals surface area (Å²) in [6.07, 6.45) is -0.253. The van der Waals surface area contributed by atoms with Crippen LogP contribution in [0, 0.1) is 0 Å². The maximum absolute atomic E-state index is 11.6. The largest absolute Gasteiger partial charge is 0.491 e. The lowest BCUT2D eigenvalue weighted by Gasteiger charge is -2.21. The van der Waals surface area contributed by atoms with Crippen LogP contribution in [0.1, 0.15) is 47.1 Å². The summed E-state index contributed by atoms with van der Waals surface area (Å²) in [5.74, 6) is 0.891. The molecule has 0 saturated carbocycles. The summed E-state index contributed by atoms with van der Waals surface area (Å²) < 4.78 is 11.0. The highest BCUT2D eigenvalue weighted by Gasteiger charge is 2.16. The fourth-order valence-corrected chi connectivity index (χ4v) is 1.93. The van der Waals surface area contributed by atoms with Gasteiger partial charge in [0.15, 0.2) is 0 Å². The second kappa shape index (κ2) is 8.77. The first kappa shape index (κ1) is 19.3. The smallest absolute Gasteiger partial charge is 0.407 e. The Balaban J connectivity index is 2.42. The van der Waals surface area contributed by atoms with Crippen LogP contribution in [-0.4, -0.2) is 30.4 Å². The monoisotopic (exact) mass is 322 g/mol. The van der Waals surface area contributed by atoms with E-state index in [1.165, 1.54) is 0 Å². The average molecular weight is 322 g/mol. The van der Waals surface area contributed by atoms with Crippen molar-refractivity contribution in [3.05, 3.63) is 29.8 Å². The second-order valence-electron chi connectivity index (χ2n) is 6.94. The van der Waals surface area contributed by atoms with Gasteiger partial charge in [-0.1, -0.05) is 18.2 Å². The van der Waals surface area contributed by atoms with Crippen molar-refractivity contribution in [3.8, 4) is 5.75 Å². The highest BCUT2D eigenvalue weighted by atomic mass is 16.6. The van der Waals surface area contributed by atoms with Gasteiger partial charge in [0.2, 0.25) is 0 Å². The van der Waals surface area contributed by atoms with E-state index in [9.17, 15) is 4.79 Å². The van der Waals surface area contributed by atoms with E-state index in [2.05, 4.69) is 10.6 Å². The average Bonchev–Trinajstić information content (AvgIpc) is 2.41. The summed E-state index contributed by atoms with van der Waals surface area (Å²) in [5.41, 5.74) is 0.624. The molecule has 1 atom stereocenters. The molecule has 0 aliphatic heterocycles. The number of carbonyl (C=O) groups excluding carboxylic acids is 1. The molecule has 0 fully saturated rings. The number of hydrogen-bond acceptors (Lipinski definition) is 4. The van der Waals surface area contributed by atoms with E-state index >= 15 is 0 Å². The minimum atomic E-state index is -0.478. The molecule has 23 heavy (non-hydrogen) atoms. The zero-order chi connectivity index (χ0) is 17.5. The Labute approximate surface area is 139 Å². The third kappa shape index (κ3) is 8.45. The molecule has 5 nitrogen and oxygen atoms in total. The molecule has 0 spiro atoms. The van der Waals surface area contributed by atoms with E-state index in [0.29, 0.717) is 13.1 Å². The van der Waals surface area contributed by atoms with Crippen LogP contribution in [0.2, 0.25) is 0 Å². The van der Waals surface area contributed by atoms with Crippen molar-refractivity contribution in [2.45, 2.75) is 65.8 Å². The van der Waals surface area contributed by atoms with Crippen LogP contribution in [-0.2, 0) is 11.3 Å². The molecule has 0 radical (unpaired) electrons. The van der Waals surface area contributed by atoms with Crippen molar-refractivity contribution in [2.75, 3.05) is 6.54 Å². The molecule has 1 aromatic rings.